The summed E-state index contributed by atoms with van der Waals surface area (Å²) in [6.07, 6.45) is 5.58. The predicted molar refractivity (Wildman–Crippen MR) is 185 cm³/mol. The molecular formula is C35H40N4O6S. The van der Waals surface area contributed by atoms with E-state index < -0.39 is 12.1 Å². The number of methoxy groups -OCH3 is 3. The van der Waals surface area contributed by atoms with Crippen molar-refractivity contribution in [1.82, 2.24) is 9.88 Å². The molecule has 11 heteroatoms. The molecule has 1 aliphatic carbocycles. The van der Waals surface area contributed by atoms with Gasteiger partial charge < -0.3 is 34.7 Å². The SMILES string of the molecule is COc1cc2c(c(OC)c1OC)-c1ccc(N[C@@H](CCSC)C(=O)Nc3cccc4c3ccn4C)c(=O)cc1[C@@H](NC(C)=O)CC2. The Labute approximate surface area is 272 Å². The van der Waals surface area contributed by atoms with Crippen molar-refractivity contribution >= 4 is 45.9 Å². The third-order valence-electron chi connectivity index (χ3n) is 8.36. The van der Waals surface area contributed by atoms with Crippen LogP contribution in [0.25, 0.3) is 22.0 Å². The molecule has 0 saturated carbocycles. The van der Waals surface area contributed by atoms with Gasteiger partial charge in [0.15, 0.2) is 11.5 Å². The fraction of sp³-hybridized carbons (Fsp3) is 0.343. The number of aromatic nitrogens is 1. The van der Waals surface area contributed by atoms with Gasteiger partial charge in [0, 0.05) is 36.6 Å². The van der Waals surface area contributed by atoms with Crippen LogP contribution < -0.4 is 35.6 Å². The van der Waals surface area contributed by atoms with E-state index in [2.05, 4.69) is 16.0 Å². The summed E-state index contributed by atoms with van der Waals surface area (Å²) in [6, 6.07) is 13.7. The summed E-state index contributed by atoms with van der Waals surface area (Å²) in [7, 11) is 6.64. The molecule has 2 atom stereocenters. The number of hydrogen-bond donors (Lipinski definition) is 3. The number of hydrogen-bond acceptors (Lipinski definition) is 8. The first-order chi connectivity index (χ1) is 22.2. The number of thioether (sulfide) groups is 1. The van der Waals surface area contributed by atoms with E-state index in [-0.39, 0.29) is 22.9 Å². The normalized spacial score (nSPS) is 14.3. The number of carbonyl (C=O) groups excluding carboxylic acids is 2. The lowest BCUT2D eigenvalue weighted by Gasteiger charge is -2.19. The van der Waals surface area contributed by atoms with E-state index in [4.69, 9.17) is 14.2 Å². The van der Waals surface area contributed by atoms with Crippen molar-refractivity contribution in [3.05, 3.63) is 76.1 Å². The van der Waals surface area contributed by atoms with E-state index in [0.29, 0.717) is 53.5 Å². The largest absolute Gasteiger partial charge is 0.493 e. The van der Waals surface area contributed by atoms with Crippen LogP contribution in [0.4, 0.5) is 11.4 Å². The van der Waals surface area contributed by atoms with Gasteiger partial charge in [0.2, 0.25) is 23.0 Å². The lowest BCUT2D eigenvalue weighted by atomic mass is 9.95. The maximum Gasteiger partial charge on any atom is 0.246 e. The zero-order valence-electron chi connectivity index (χ0n) is 27.0. The smallest absolute Gasteiger partial charge is 0.246 e. The van der Waals surface area contributed by atoms with Gasteiger partial charge in [0.25, 0.3) is 0 Å². The molecule has 2 amide bonds. The number of fused-ring (bicyclic) bond motifs is 4. The van der Waals surface area contributed by atoms with E-state index in [0.717, 1.165) is 27.6 Å². The summed E-state index contributed by atoms with van der Waals surface area (Å²) in [5, 5.41) is 10.3. The molecule has 242 valence electrons. The summed E-state index contributed by atoms with van der Waals surface area (Å²) in [4.78, 5) is 39.9. The second-order valence-corrected chi connectivity index (χ2v) is 12.2. The molecular weight excluding hydrogens is 604 g/mol. The fourth-order valence-corrected chi connectivity index (χ4v) is 6.62. The summed E-state index contributed by atoms with van der Waals surface area (Å²) >= 11 is 1.63. The minimum atomic E-state index is -0.682. The average Bonchev–Trinajstić information content (AvgIpc) is 3.27. The molecule has 0 saturated heterocycles. The van der Waals surface area contributed by atoms with Crippen LogP contribution in [0.5, 0.6) is 17.2 Å². The van der Waals surface area contributed by atoms with Crippen LogP contribution in [-0.2, 0) is 23.1 Å². The number of ether oxygens (including phenoxy) is 3. The molecule has 1 aliphatic rings. The third kappa shape index (κ3) is 6.50. The second-order valence-electron chi connectivity index (χ2n) is 11.2. The van der Waals surface area contributed by atoms with Crippen molar-refractivity contribution < 1.29 is 23.8 Å². The van der Waals surface area contributed by atoms with Crippen LogP contribution in [0.3, 0.4) is 0 Å². The Morgan fingerprint density at radius 3 is 2.50 bits per heavy atom. The topological polar surface area (TPSA) is 120 Å². The number of aryl methyl sites for hydroxylation is 2. The van der Waals surface area contributed by atoms with Crippen LogP contribution in [0.1, 0.15) is 36.9 Å². The quantitative estimate of drug-likeness (QED) is 0.195. The maximum absolute atomic E-state index is 13.9. The number of carbonyl (C=O) groups is 2. The molecule has 5 rings (SSSR count). The first-order valence-electron chi connectivity index (χ1n) is 15.1. The van der Waals surface area contributed by atoms with Crippen LogP contribution >= 0.6 is 11.8 Å². The molecule has 1 heterocycles. The lowest BCUT2D eigenvalue weighted by molar-refractivity contribution is -0.120. The van der Waals surface area contributed by atoms with Crippen LogP contribution in [0.2, 0.25) is 0 Å². The molecule has 10 nitrogen and oxygen atoms in total. The number of nitrogens with zero attached hydrogens (tertiary/aromatic N) is 1. The van der Waals surface area contributed by atoms with Gasteiger partial charge >= 0.3 is 0 Å². The van der Waals surface area contributed by atoms with Crippen LogP contribution in [0.15, 0.2) is 59.5 Å². The standard InChI is InChI=1S/C35H40N4O6S/c1-20(40)36-26-12-10-21-18-31(43-3)33(44-4)34(45-5)32(21)22-11-13-27(30(41)19-24(22)26)37-28(15-17-46-6)35(42)38-25-8-7-9-29-23(25)14-16-39(29)2/h7-9,11,13-14,16,18-19,26,28H,10,12,15,17H2,1-6H3,(H,36,40)(H,37,41)(H,38,42)/t26-,28-/m0/s1. The Balaban J connectivity index is 1.59. The maximum atomic E-state index is 13.9. The predicted octanol–water partition coefficient (Wildman–Crippen LogP) is 5.53. The molecule has 46 heavy (non-hydrogen) atoms. The molecule has 0 aliphatic heterocycles. The minimum Gasteiger partial charge on any atom is -0.493 e. The van der Waals surface area contributed by atoms with Crippen molar-refractivity contribution in [2.24, 2.45) is 7.05 Å². The second kappa shape index (κ2) is 14.2. The van der Waals surface area contributed by atoms with Crippen molar-refractivity contribution in [3.63, 3.8) is 0 Å². The van der Waals surface area contributed by atoms with Crippen molar-refractivity contribution in [3.8, 4) is 28.4 Å². The summed E-state index contributed by atoms with van der Waals surface area (Å²) in [5.74, 6) is 1.70. The van der Waals surface area contributed by atoms with Gasteiger partial charge in [-0.3, -0.25) is 14.4 Å². The highest BCUT2D eigenvalue weighted by Gasteiger charge is 2.30. The molecule has 0 unspecified atom stereocenters. The number of amides is 2. The Kier molecular flexibility index (Phi) is 10.1. The third-order valence-corrected chi connectivity index (χ3v) is 9.00. The molecule has 4 aromatic rings. The monoisotopic (exact) mass is 644 g/mol. The van der Waals surface area contributed by atoms with Crippen LogP contribution in [-0.4, -0.2) is 55.8 Å². The fourth-order valence-electron chi connectivity index (χ4n) is 6.15. The molecule has 0 bridgehead atoms. The van der Waals surface area contributed by atoms with Gasteiger partial charge in [-0.2, -0.15) is 11.8 Å². The number of rotatable bonds is 11. The molecule has 0 spiro atoms. The van der Waals surface area contributed by atoms with E-state index in [1.807, 2.05) is 60.5 Å². The first-order valence-corrected chi connectivity index (χ1v) is 16.5. The zero-order chi connectivity index (χ0) is 33.0. The molecule has 3 N–H and O–H groups in total. The number of anilines is 2. The van der Waals surface area contributed by atoms with Gasteiger partial charge in [-0.15, -0.1) is 0 Å². The van der Waals surface area contributed by atoms with E-state index >= 15 is 0 Å². The average molecular weight is 645 g/mol. The molecule has 1 aromatic heterocycles. The number of nitrogens with one attached hydrogen (secondary N) is 3. The highest BCUT2D eigenvalue weighted by atomic mass is 32.2. The van der Waals surface area contributed by atoms with Gasteiger partial charge in [0.1, 0.15) is 6.04 Å². The van der Waals surface area contributed by atoms with Crippen molar-refractivity contribution in [2.75, 3.05) is 44.0 Å². The van der Waals surface area contributed by atoms with Gasteiger partial charge in [-0.25, -0.2) is 0 Å². The molecule has 3 aromatic carbocycles. The van der Waals surface area contributed by atoms with Gasteiger partial charge in [-0.1, -0.05) is 12.1 Å². The van der Waals surface area contributed by atoms with E-state index in [1.54, 1.807) is 45.2 Å². The van der Waals surface area contributed by atoms with Crippen molar-refractivity contribution in [2.45, 2.75) is 38.3 Å². The Bertz CT molecular complexity index is 1840. The van der Waals surface area contributed by atoms with E-state index in [1.165, 1.54) is 6.92 Å². The highest BCUT2D eigenvalue weighted by molar-refractivity contribution is 7.98. The van der Waals surface area contributed by atoms with Gasteiger partial charge in [0.05, 0.1) is 38.7 Å². The van der Waals surface area contributed by atoms with Crippen LogP contribution in [0, 0.1) is 0 Å². The highest BCUT2D eigenvalue weighted by Crippen LogP contribution is 2.50. The summed E-state index contributed by atoms with van der Waals surface area (Å²) in [5.41, 5.74) is 4.75. The van der Waals surface area contributed by atoms with Gasteiger partial charge in [-0.05, 0) is 84.4 Å². The Morgan fingerprint density at radius 1 is 1.02 bits per heavy atom. The summed E-state index contributed by atoms with van der Waals surface area (Å²) < 4.78 is 19.2. The number of benzene rings is 2. The van der Waals surface area contributed by atoms with E-state index in [9.17, 15) is 14.4 Å². The first kappa shape index (κ1) is 32.7. The Morgan fingerprint density at radius 2 is 1.80 bits per heavy atom. The minimum absolute atomic E-state index is 0.205. The lowest BCUT2D eigenvalue weighted by Crippen LogP contribution is -2.36. The molecule has 0 radical (unpaired) electrons. The zero-order valence-corrected chi connectivity index (χ0v) is 27.8. The molecule has 0 fully saturated rings. The van der Waals surface area contributed by atoms with Crippen molar-refractivity contribution in [1.29, 1.82) is 0 Å². The Hall–Kier alpha value is -4.64. The summed E-state index contributed by atoms with van der Waals surface area (Å²) in [6.45, 7) is 1.46.